The van der Waals surface area contributed by atoms with Gasteiger partial charge in [0.15, 0.2) is 0 Å². The molecule has 1 aliphatic rings. The third kappa shape index (κ3) is 2.67. The van der Waals surface area contributed by atoms with Crippen molar-refractivity contribution >= 4 is 5.69 Å². The second-order valence-corrected chi connectivity index (χ2v) is 4.99. The van der Waals surface area contributed by atoms with E-state index in [2.05, 4.69) is 10.3 Å². The van der Waals surface area contributed by atoms with Crippen molar-refractivity contribution in [2.24, 2.45) is 0 Å². The largest absolute Gasteiger partial charge is 0.480 e. The molecule has 112 valence electrons. The van der Waals surface area contributed by atoms with Crippen LogP contribution in [0.15, 0.2) is 6.20 Å². The number of halogens is 3. The molecule has 0 saturated carbocycles. The van der Waals surface area contributed by atoms with Crippen LogP contribution in [-0.2, 0) is 6.18 Å². The number of rotatable bonds is 3. The van der Waals surface area contributed by atoms with E-state index in [9.17, 15) is 13.2 Å². The smallest absolute Gasteiger partial charge is 0.418 e. The minimum Gasteiger partial charge on any atom is -0.480 e. The average Bonchev–Trinajstić information content (AvgIpc) is 2.89. The summed E-state index contributed by atoms with van der Waals surface area (Å²) in [4.78, 5) is 5.43. The van der Waals surface area contributed by atoms with Gasteiger partial charge in [0.2, 0.25) is 5.88 Å². The van der Waals surface area contributed by atoms with Crippen molar-refractivity contribution in [1.29, 1.82) is 0 Å². The second-order valence-electron chi connectivity index (χ2n) is 4.99. The number of ether oxygens (including phenoxy) is 1. The molecule has 1 atom stereocenters. The molecule has 4 nitrogen and oxygen atoms in total. The van der Waals surface area contributed by atoms with Crippen LogP contribution in [-0.4, -0.2) is 32.7 Å². The Morgan fingerprint density at radius 2 is 2.10 bits per heavy atom. The van der Waals surface area contributed by atoms with Gasteiger partial charge in [-0.1, -0.05) is 0 Å². The molecule has 0 aromatic carbocycles. The highest BCUT2D eigenvalue weighted by molar-refractivity contribution is 5.64. The van der Waals surface area contributed by atoms with E-state index in [-0.39, 0.29) is 23.2 Å². The van der Waals surface area contributed by atoms with E-state index >= 15 is 0 Å². The molecular weight excluding hydrogens is 271 g/mol. The fraction of sp³-hybridized carbons (Fsp3) is 0.615. The van der Waals surface area contributed by atoms with Gasteiger partial charge in [-0.2, -0.15) is 13.2 Å². The molecule has 20 heavy (non-hydrogen) atoms. The van der Waals surface area contributed by atoms with Crippen LogP contribution in [0.4, 0.5) is 18.9 Å². The van der Waals surface area contributed by atoms with Gasteiger partial charge in [0.1, 0.15) is 5.69 Å². The molecule has 1 aliphatic heterocycles. The highest BCUT2D eigenvalue weighted by Gasteiger charge is 2.41. The van der Waals surface area contributed by atoms with Crippen LogP contribution < -0.4 is 15.0 Å². The molecule has 1 N–H and O–H groups in total. The predicted octanol–water partition coefficient (Wildman–Crippen LogP) is 2.60. The Bertz CT molecular complexity index is 482. The Morgan fingerprint density at radius 1 is 1.40 bits per heavy atom. The van der Waals surface area contributed by atoms with Gasteiger partial charge in [0, 0.05) is 31.9 Å². The van der Waals surface area contributed by atoms with Crippen molar-refractivity contribution in [2.45, 2.75) is 25.1 Å². The lowest BCUT2D eigenvalue weighted by molar-refractivity contribution is -0.138. The summed E-state index contributed by atoms with van der Waals surface area (Å²) in [5, 5.41) is 3.09. The van der Waals surface area contributed by atoms with Gasteiger partial charge in [-0.15, -0.1) is 0 Å². The summed E-state index contributed by atoms with van der Waals surface area (Å²) in [5.41, 5.74) is -0.487. The summed E-state index contributed by atoms with van der Waals surface area (Å²) >= 11 is 0. The Hall–Kier alpha value is -1.50. The van der Waals surface area contributed by atoms with E-state index in [0.717, 1.165) is 13.0 Å². The number of anilines is 1. The van der Waals surface area contributed by atoms with Crippen LogP contribution in [0.3, 0.4) is 0 Å². The van der Waals surface area contributed by atoms with Crippen molar-refractivity contribution in [3.63, 3.8) is 0 Å². The maximum atomic E-state index is 13.5. The lowest BCUT2D eigenvalue weighted by atomic mass is 9.99. The molecule has 2 rings (SSSR count). The Labute approximate surface area is 115 Å². The number of nitrogens with one attached hydrogen (secondary N) is 1. The molecule has 1 fully saturated rings. The Kier molecular flexibility index (Phi) is 4.08. The molecule has 1 aromatic heterocycles. The summed E-state index contributed by atoms with van der Waals surface area (Å²) in [6, 6.07) is -0.302. The number of hydrogen-bond donors (Lipinski definition) is 1. The first kappa shape index (κ1) is 14.9. The molecule has 7 heteroatoms. The first-order valence-corrected chi connectivity index (χ1v) is 6.41. The molecule has 0 unspecified atom stereocenters. The van der Waals surface area contributed by atoms with E-state index in [1.165, 1.54) is 18.2 Å². The van der Waals surface area contributed by atoms with E-state index in [1.54, 1.807) is 14.1 Å². The predicted molar refractivity (Wildman–Crippen MR) is 70.1 cm³/mol. The summed E-state index contributed by atoms with van der Waals surface area (Å²) in [6.07, 6.45) is -1.62. The monoisotopic (exact) mass is 289 g/mol. The average molecular weight is 289 g/mol. The topological polar surface area (TPSA) is 37.4 Å². The molecule has 0 spiro atoms. The van der Waals surface area contributed by atoms with Gasteiger partial charge in [-0.05, 0) is 19.4 Å². The zero-order valence-electron chi connectivity index (χ0n) is 11.7. The van der Waals surface area contributed by atoms with Crippen molar-refractivity contribution in [1.82, 2.24) is 10.3 Å². The third-order valence-electron chi connectivity index (χ3n) is 3.41. The molecule has 0 amide bonds. The van der Waals surface area contributed by atoms with Crippen molar-refractivity contribution in [3.05, 3.63) is 17.3 Å². The normalized spacial score (nSPS) is 19.2. The van der Waals surface area contributed by atoms with E-state index in [4.69, 9.17) is 4.74 Å². The van der Waals surface area contributed by atoms with Crippen molar-refractivity contribution in [3.8, 4) is 5.88 Å². The van der Waals surface area contributed by atoms with Crippen LogP contribution in [0.1, 0.15) is 30.0 Å². The number of hydrogen-bond acceptors (Lipinski definition) is 4. The number of pyridine rings is 1. The Balaban J connectivity index is 2.65. The van der Waals surface area contributed by atoms with Gasteiger partial charge < -0.3 is 15.0 Å². The van der Waals surface area contributed by atoms with Gasteiger partial charge in [-0.3, -0.25) is 0 Å². The third-order valence-corrected chi connectivity index (χ3v) is 3.41. The summed E-state index contributed by atoms with van der Waals surface area (Å²) < 4.78 is 45.5. The SMILES string of the molecule is COc1ncc([C@@H]2CCCN2)c(C(F)(F)F)c1N(C)C. The molecule has 1 aromatic rings. The van der Waals surface area contributed by atoms with Crippen LogP contribution in [0.2, 0.25) is 0 Å². The molecule has 0 radical (unpaired) electrons. The summed E-state index contributed by atoms with van der Waals surface area (Å²) in [6.45, 7) is 0.727. The number of nitrogens with zero attached hydrogens (tertiary/aromatic N) is 2. The minimum atomic E-state index is -4.45. The van der Waals surface area contributed by atoms with E-state index < -0.39 is 11.7 Å². The van der Waals surface area contributed by atoms with E-state index in [1.807, 2.05) is 0 Å². The van der Waals surface area contributed by atoms with Crippen LogP contribution in [0, 0.1) is 0 Å². The summed E-state index contributed by atoms with van der Waals surface area (Å²) in [5.74, 6) is -0.0101. The van der Waals surface area contributed by atoms with Crippen molar-refractivity contribution < 1.29 is 17.9 Å². The van der Waals surface area contributed by atoms with E-state index in [0.29, 0.717) is 6.42 Å². The standard InChI is InChI=1S/C13H18F3N3O/c1-19(2)11-10(13(14,15)16)8(7-18-12(11)20-3)9-5-4-6-17-9/h7,9,17H,4-6H2,1-3H3/t9-/m0/s1. The highest BCUT2D eigenvalue weighted by atomic mass is 19.4. The zero-order chi connectivity index (χ0) is 14.9. The number of methoxy groups -OCH3 is 1. The first-order chi connectivity index (χ1) is 9.36. The second kappa shape index (κ2) is 5.47. The van der Waals surface area contributed by atoms with Crippen LogP contribution in [0.5, 0.6) is 5.88 Å². The lowest BCUT2D eigenvalue weighted by Crippen LogP contribution is -2.24. The minimum absolute atomic E-state index is 0.0101. The maximum Gasteiger partial charge on any atom is 0.418 e. The summed E-state index contributed by atoms with van der Waals surface area (Å²) in [7, 11) is 4.43. The molecular formula is C13H18F3N3O. The van der Waals surface area contributed by atoms with Gasteiger partial charge in [0.05, 0.1) is 12.7 Å². The fourth-order valence-corrected chi connectivity index (χ4v) is 2.57. The van der Waals surface area contributed by atoms with Gasteiger partial charge >= 0.3 is 6.18 Å². The highest BCUT2D eigenvalue weighted by Crippen LogP contribution is 2.45. The van der Waals surface area contributed by atoms with Crippen LogP contribution >= 0.6 is 0 Å². The first-order valence-electron chi connectivity index (χ1n) is 6.41. The molecule has 0 bridgehead atoms. The number of aromatic nitrogens is 1. The quantitative estimate of drug-likeness (QED) is 0.928. The lowest BCUT2D eigenvalue weighted by Gasteiger charge is -2.25. The zero-order valence-corrected chi connectivity index (χ0v) is 11.7. The fourth-order valence-electron chi connectivity index (χ4n) is 2.57. The number of alkyl halides is 3. The molecule has 0 aliphatic carbocycles. The van der Waals surface area contributed by atoms with Gasteiger partial charge in [-0.25, -0.2) is 4.98 Å². The molecule has 2 heterocycles. The van der Waals surface area contributed by atoms with Gasteiger partial charge in [0.25, 0.3) is 0 Å². The van der Waals surface area contributed by atoms with Crippen LogP contribution in [0.25, 0.3) is 0 Å². The maximum absolute atomic E-state index is 13.5. The molecule has 1 saturated heterocycles. The Morgan fingerprint density at radius 3 is 2.55 bits per heavy atom. The van der Waals surface area contributed by atoms with Crippen molar-refractivity contribution in [2.75, 3.05) is 32.6 Å².